The number of halogens is 3. The molecule has 2 aliphatic heterocycles. The van der Waals surface area contributed by atoms with Crippen molar-refractivity contribution in [3.8, 4) is 22.9 Å². The van der Waals surface area contributed by atoms with E-state index in [1.165, 1.54) is 31.4 Å². The highest BCUT2D eigenvalue weighted by Crippen LogP contribution is 2.41. The first kappa shape index (κ1) is 21.3. The van der Waals surface area contributed by atoms with E-state index in [9.17, 15) is 9.50 Å². The Bertz CT molecular complexity index is 1450. The van der Waals surface area contributed by atoms with Gasteiger partial charge in [-0.25, -0.2) is 13.8 Å². The molecule has 9 heteroatoms. The molecule has 6 rings (SSSR count). The Morgan fingerprint density at radius 2 is 1.91 bits per heavy atom. The second-order valence-electron chi connectivity index (χ2n) is 8.86. The molecule has 0 saturated carbocycles. The molecule has 2 fully saturated rings. The Labute approximate surface area is 199 Å². The molecule has 2 atom stereocenters. The number of aromatic nitrogens is 2. The highest BCUT2D eigenvalue weighted by Gasteiger charge is 2.33. The van der Waals surface area contributed by atoms with Crippen LogP contribution in [-0.2, 0) is 0 Å². The molecule has 2 unspecified atom stereocenters. The second-order valence-corrected chi connectivity index (χ2v) is 9.24. The maximum Gasteiger partial charge on any atom is 0.215 e. The third kappa shape index (κ3) is 3.32. The van der Waals surface area contributed by atoms with Gasteiger partial charge in [0.1, 0.15) is 22.8 Å². The number of fused-ring (bicyclic) bond motifs is 4. The third-order valence-electron chi connectivity index (χ3n) is 6.77. The Kier molecular flexibility index (Phi) is 4.97. The predicted molar refractivity (Wildman–Crippen MR) is 128 cm³/mol. The van der Waals surface area contributed by atoms with Crippen molar-refractivity contribution in [1.29, 1.82) is 0 Å². The standard InChI is InChI=1S/C25H21ClF2N4O2/c1-34-20-8-19(32-10-13-3-4-14(11-32)30-13)17-9-29-24(23(28)25(17)31-20)16-7-15(33)6-12-2-5-18(27)22(26)21(12)16/h2,5-9,13-14,30,33H,3-4,10-11H2,1H3. The van der Waals surface area contributed by atoms with E-state index < -0.39 is 11.6 Å². The lowest BCUT2D eigenvalue weighted by Crippen LogP contribution is -2.51. The van der Waals surface area contributed by atoms with Gasteiger partial charge in [-0.2, -0.15) is 0 Å². The first-order chi connectivity index (χ1) is 16.4. The van der Waals surface area contributed by atoms with Crippen molar-refractivity contribution in [2.45, 2.75) is 24.9 Å². The average molecular weight is 483 g/mol. The number of phenolic OH excluding ortho intramolecular Hbond substituents is 1. The topological polar surface area (TPSA) is 70.5 Å². The lowest BCUT2D eigenvalue weighted by Gasteiger charge is -2.35. The number of aromatic hydroxyl groups is 1. The van der Waals surface area contributed by atoms with Crippen LogP contribution in [0.1, 0.15) is 12.8 Å². The van der Waals surface area contributed by atoms with Gasteiger partial charge < -0.3 is 20.1 Å². The highest BCUT2D eigenvalue weighted by atomic mass is 35.5. The number of phenols is 1. The van der Waals surface area contributed by atoms with Crippen LogP contribution < -0.4 is 15.0 Å². The normalized spacial score (nSPS) is 19.8. The number of benzene rings is 2. The van der Waals surface area contributed by atoms with E-state index in [1.807, 2.05) is 6.07 Å². The van der Waals surface area contributed by atoms with Gasteiger partial charge in [0.25, 0.3) is 0 Å². The Morgan fingerprint density at radius 3 is 2.65 bits per heavy atom. The molecule has 2 aliphatic rings. The number of hydrogen-bond acceptors (Lipinski definition) is 6. The minimum atomic E-state index is -0.692. The molecular weight excluding hydrogens is 462 g/mol. The van der Waals surface area contributed by atoms with Crippen LogP contribution in [0.3, 0.4) is 0 Å². The van der Waals surface area contributed by atoms with Crippen molar-refractivity contribution in [3.05, 3.63) is 53.2 Å². The minimum absolute atomic E-state index is 0.0759. The summed E-state index contributed by atoms with van der Waals surface area (Å²) < 4.78 is 35.7. The van der Waals surface area contributed by atoms with Gasteiger partial charge in [0.05, 0.1) is 17.8 Å². The number of nitrogens with zero attached hydrogens (tertiary/aromatic N) is 3. The molecule has 2 N–H and O–H groups in total. The first-order valence-corrected chi connectivity index (χ1v) is 11.5. The van der Waals surface area contributed by atoms with Gasteiger partial charge in [0.15, 0.2) is 5.82 Å². The summed E-state index contributed by atoms with van der Waals surface area (Å²) >= 11 is 6.26. The average Bonchev–Trinajstić information content (AvgIpc) is 3.18. The monoisotopic (exact) mass is 482 g/mol. The van der Waals surface area contributed by atoms with Gasteiger partial charge in [0.2, 0.25) is 5.88 Å². The van der Waals surface area contributed by atoms with E-state index in [0.29, 0.717) is 22.9 Å². The largest absolute Gasteiger partial charge is 0.508 e. The fraction of sp³-hybridized carbons (Fsp3) is 0.280. The second kappa shape index (κ2) is 7.92. The molecule has 6 nitrogen and oxygen atoms in total. The summed E-state index contributed by atoms with van der Waals surface area (Å²) in [4.78, 5) is 11.0. The van der Waals surface area contributed by atoms with Crippen LogP contribution in [0.5, 0.6) is 11.6 Å². The van der Waals surface area contributed by atoms with E-state index in [1.54, 1.807) is 6.20 Å². The highest BCUT2D eigenvalue weighted by molar-refractivity contribution is 6.37. The molecule has 0 spiro atoms. The van der Waals surface area contributed by atoms with Crippen molar-refractivity contribution >= 4 is 39.0 Å². The van der Waals surface area contributed by atoms with Gasteiger partial charge in [-0.3, -0.25) is 4.98 Å². The number of anilines is 1. The number of pyridine rings is 2. The van der Waals surface area contributed by atoms with Crippen molar-refractivity contribution in [1.82, 2.24) is 15.3 Å². The molecule has 2 aromatic heterocycles. The quantitative estimate of drug-likeness (QED) is 0.426. The minimum Gasteiger partial charge on any atom is -0.508 e. The maximum atomic E-state index is 16.0. The summed E-state index contributed by atoms with van der Waals surface area (Å²) in [6.45, 7) is 1.60. The van der Waals surface area contributed by atoms with Gasteiger partial charge in [-0.15, -0.1) is 0 Å². The fourth-order valence-electron chi connectivity index (χ4n) is 5.23. The third-order valence-corrected chi connectivity index (χ3v) is 7.13. The lowest BCUT2D eigenvalue weighted by molar-refractivity contribution is 0.398. The van der Waals surface area contributed by atoms with Crippen LogP contribution in [0, 0.1) is 11.6 Å². The molecule has 2 saturated heterocycles. The zero-order valence-electron chi connectivity index (χ0n) is 18.3. The van der Waals surface area contributed by atoms with E-state index in [4.69, 9.17) is 16.3 Å². The number of hydrogen-bond donors (Lipinski definition) is 2. The van der Waals surface area contributed by atoms with Crippen LogP contribution in [0.4, 0.5) is 14.5 Å². The van der Waals surface area contributed by atoms with Gasteiger partial charge in [-0.1, -0.05) is 17.7 Å². The van der Waals surface area contributed by atoms with Crippen LogP contribution in [0.25, 0.3) is 32.9 Å². The molecule has 0 aliphatic carbocycles. The smallest absolute Gasteiger partial charge is 0.215 e. The summed E-state index contributed by atoms with van der Waals surface area (Å²) in [5.41, 5.74) is 1.01. The molecular formula is C25H21ClF2N4O2. The Balaban J connectivity index is 1.58. The van der Waals surface area contributed by atoms with E-state index >= 15 is 4.39 Å². The zero-order chi connectivity index (χ0) is 23.6. The van der Waals surface area contributed by atoms with Crippen molar-refractivity contribution < 1.29 is 18.6 Å². The number of piperazine rings is 1. The summed E-state index contributed by atoms with van der Waals surface area (Å²) in [5.74, 6) is -1.16. The predicted octanol–water partition coefficient (Wildman–Crippen LogP) is 5.04. The Morgan fingerprint density at radius 1 is 1.15 bits per heavy atom. The molecule has 0 amide bonds. The van der Waals surface area contributed by atoms with Crippen LogP contribution >= 0.6 is 11.6 Å². The molecule has 34 heavy (non-hydrogen) atoms. The van der Waals surface area contributed by atoms with Gasteiger partial charge >= 0.3 is 0 Å². The molecule has 2 bridgehead atoms. The fourth-order valence-corrected chi connectivity index (χ4v) is 5.50. The summed E-state index contributed by atoms with van der Waals surface area (Å²) in [7, 11) is 1.49. The van der Waals surface area contributed by atoms with Crippen molar-refractivity contribution in [2.24, 2.45) is 0 Å². The number of rotatable bonds is 3. The van der Waals surface area contributed by atoms with Gasteiger partial charge in [-0.05, 0) is 36.4 Å². The summed E-state index contributed by atoms with van der Waals surface area (Å²) in [6.07, 6.45) is 3.79. The summed E-state index contributed by atoms with van der Waals surface area (Å²) in [5, 5.41) is 15.0. The van der Waals surface area contributed by atoms with Crippen LogP contribution in [0.2, 0.25) is 5.02 Å². The van der Waals surface area contributed by atoms with E-state index in [2.05, 4.69) is 20.2 Å². The van der Waals surface area contributed by atoms with Crippen molar-refractivity contribution in [3.63, 3.8) is 0 Å². The Hall–Kier alpha value is -3.23. The van der Waals surface area contributed by atoms with Crippen LogP contribution in [0.15, 0.2) is 36.5 Å². The first-order valence-electron chi connectivity index (χ1n) is 11.1. The molecule has 0 radical (unpaired) electrons. The van der Waals surface area contributed by atoms with Crippen molar-refractivity contribution in [2.75, 3.05) is 25.1 Å². The maximum absolute atomic E-state index is 16.0. The van der Waals surface area contributed by atoms with E-state index in [0.717, 1.165) is 31.6 Å². The number of ether oxygens (including phenoxy) is 1. The molecule has 4 heterocycles. The number of methoxy groups -OCH3 is 1. The van der Waals surface area contributed by atoms with Crippen LogP contribution in [-0.4, -0.2) is 47.4 Å². The molecule has 4 aromatic rings. The van der Waals surface area contributed by atoms with E-state index in [-0.39, 0.29) is 38.8 Å². The number of nitrogens with one attached hydrogen (secondary N) is 1. The summed E-state index contributed by atoms with van der Waals surface area (Å²) in [6, 6.07) is 8.06. The lowest BCUT2D eigenvalue weighted by atomic mass is 9.99. The van der Waals surface area contributed by atoms with Gasteiger partial charge in [0, 0.05) is 53.8 Å². The molecule has 2 aromatic carbocycles. The molecule has 174 valence electrons. The SMILES string of the molecule is COc1cc(N2CC3CCC(C2)N3)c2cnc(-c3cc(O)cc4ccc(F)c(Cl)c34)c(F)c2n1. The zero-order valence-corrected chi connectivity index (χ0v) is 19.0.